The van der Waals surface area contributed by atoms with Crippen molar-refractivity contribution < 1.29 is 0 Å². The molecule has 0 aromatic carbocycles. The van der Waals surface area contributed by atoms with Gasteiger partial charge >= 0.3 is 0 Å². The van der Waals surface area contributed by atoms with Crippen LogP contribution in [0, 0.1) is 5.92 Å². The summed E-state index contributed by atoms with van der Waals surface area (Å²) in [5, 5.41) is 3.51. The van der Waals surface area contributed by atoms with Gasteiger partial charge in [0.1, 0.15) is 0 Å². The zero-order chi connectivity index (χ0) is 9.52. The number of hydrogen-bond donors (Lipinski definition) is 1. The average Bonchev–Trinajstić information content (AvgIpc) is 2.14. The summed E-state index contributed by atoms with van der Waals surface area (Å²) in [6.45, 7) is 9.44. The van der Waals surface area contributed by atoms with E-state index in [-0.39, 0.29) is 0 Å². The van der Waals surface area contributed by atoms with Crippen LogP contribution in [0.15, 0.2) is 0 Å². The number of rotatable bonds is 5. The molecule has 0 aliphatic carbocycles. The minimum Gasteiger partial charge on any atom is -0.304 e. The molecule has 1 aliphatic heterocycles. The number of hydrogen-bond acceptors (Lipinski definition) is 2. The topological polar surface area (TPSA) is 15.3 Å². The monoisotopic (exact) mass is 184 g/mol. The molecule has 1 aliphatic rings. The van der Waals surface area contributed by atoms with E-state index in [1.807, 2.05) is 0 Å². The van der Waals surface area contributed by atoms with Crippen LogP contribution in [0.5, 0.6) is 0 Å². The molecule has 1 saturated heterocycles. The van der Waals surface area contributed by atoms with Gasteiger partial charge in [-0.25, -0.2) is 0 Å². The van der Waals surface area contributed by atoms with Crippen molar-refractivity contribution in [3.05, 3.63) is 0 Å². The van der Waals surface area contributed by atoms with Crippen molar-refractivity contribution in [3.8, 4) is 0 Å². The van der Waals surface area contributed by atoms with E-state index >= 15 is 0 Å². The van der Waals surface area contributed by atoms with Gasteiger partial charge in [0, 0.05) is 6.67 Å². The van der Waals surface area contributed by atoms with Crippen LogP contribution >= 0.6 is 0 Å². The Kier molecular flexibility index (Phi) is 5.40. The molecule has 1 N–H and O–H groups in total. The van der Waals surface area contributed by atoms with Crippen molar-refractivity contribution in [2.45, 2.75) is 39.5 Å². The largest absolute Gasteiger partial charge is 0.304 e. The van der Waals surface area contributed by atoms with E-state index < -0.39 is 0 Å². The summed E-state index contributed by atoms with van der Waals surface area (Å²) in [7, 11) is 0. The molecule has 0 amide bonds. The molecule has 1 heterocycles. The predicted molar refractivity (Wildman–Crippen MR) is 57.7 cm³/mol. The van der Waals surface area contributed by atoms with Crippen molar-refractivity contribution in [1.82, 2.24) is 10.2 Å². The van der Waals surface area contributed by atoms with Crippen molar-refractivity contribution in [3.63, 3.8) is 0 Å². The Balaban J connectivity index is 1.92. The maximum Gasteiger partial charge on any atom is 0.0480 e. The Morgan fingerprint density at radius 1 is 1.15 bits per heavy atom. The SMILES string of the molecule is CC(C)CCNCN1CCCCC1. The molecule has 1 fully saturated rings. The van der Waals surface area contributed by atoms with Crippen molar-refractivity contribution in [1.29, 1.82) is 0 Å². The molecule has 0 spiro atoms. The highest BCUT2D eigenvalue weighted by Gasteiger charge is 2.08. The molecule has 78 valence electrons. The number of nitrogens with zero attached hydrogens (tertiary/aromatic N) is 1. The summed E-state index contributed by atoms with van der Waals surface area (Å²) < 4.78 is 0. The Hall–Kier alpha value is -0.0800. The normalized spacial score (nSPS) is 19.6. The Labute approximate surface area is 82.7 Å². The first-order valence-corrected chi connectivity index (χ1v) is 5.72. The number of nitrogens with one attached hydrogen (secondary N) is 1. The third-order valence-corrected chi connectivity index (χ3v) is 2.68. The third kappa shape index (κ3) is 5.27. The Morgan fingerprint density at radius 2 is 1.85 bits per heavy atom. The van der Waals surface area contributed by atoms with E-state index in [1.54, 1.807) is 0 Å². The van der Waals surface area contributed by atoms with E-state index in [0.717, 1.165) is 12.6 Å². The molecule has 1 rings (SSSR count). The Morgan fingerprint density at radius 3 is 2.46 bits per heavy atom. The average molecular weight is 184 g/mol. The van der Waals surface area contributed by atoms with E-state index in [0.29, 0.717) is 0 Å². The van der Waals surface area contributed by atoms with Gasteiger partial charge in [-0.05, 0) is 44.8 Å². The fourth-order valence-corrected chi connectivity index (χ4v) is 1.75. The maximum atomic E-state index is 3.51. The van der Waals surface area contributed by atoms with Gasteiger partial charge < -0.3 is 5.32 Å². The van der Waals surface area contributed by atoms with Crippen LogP contribution in [0.3, 0.4) is 0 Å². The van der Waals surface area contributed by atoms with Gasteiger partial charge in [-0.1, -0.05) is 20.3 Å². The minimum atomic E-state index is 0.828. The minimum absolute atomic E-state index is 0.828. The second-order valence-electron chi connectivity index (χ2n) is 4.52. The van der Waals surface area contributed by atoms with Crippen LogP contribution in [0.25, 0.3) is 0 Å². The molecule has 0 aromatic rings. The summed E-state index contributed by atoms with van der Waals surface area (Å²) >= 11 is 0. The molecule has 0 saturated carbocycles. The molecule has 0 radical (unpaired) electrons. The lowest BCUT2D eigenvalue weighted by Crippen LogP contribution is -2.38. The highest BCUT2D eigenvalue weighted by atomic mass is 15.2. The molecule has 0 atom stereocenters. The first-order chi connectivity index (χ1) is 6.29. The van der Waals surface area contributed by atoms with Gasteiger partial charge in [0.25, 0.3) is 0 Å². The first-order valence-electron chi connectivity index (χ1n) is 5.72. The van der Waals surface area contributed by atoms with Crippen LogP contribution in [0.1, 0.15) is 39.5 Å². The highest BCUT2D eigenvalue weighted by Crippen LogP contribution is 2.06. The van der Waals surface area contributed by atoms with Crippen molar-refractivity contribution in [2.24, 2.45) is 5.92 Å². The van der Waals surface area contributed by atoms with Crippen LogP contribution < -0.4 is 5.32 Å². The first kappa shape index (κ1) is 11.0. The summed E-state index contributed by atoms with van der Waals surface area (Å²) in [5.41, 5.74) is 0. The predicted octanol–water partition coefficient (Wildman–Crippen LogP) is 2.07. The lowest BCUT2D eigenvalue weighted by molar-refractivity contribution is 0.211. The van der Waals surface area contributed by atoms with Gasteiger partial charge in [-0.3, -0.25) is 4.90 Å². The van der Waals surface area contributed by atoms with Crippen LogP contribution in [0.2, 0.25) is 0 Å². The van der Waals surface area contributed by atoms with Gasteiger partial charge in [-0.2, -0.15) is 0 Å². The zero-order valence-electron chi connectivity index (χ0n) is 9.18. The van der Waals surface area contributed by atoms with E-state index in [1.165, 1.54) is 45.3 Å². The molecule has 2 nitrogen and oxygen atoms in total. The smallest absolute Gasteiger partial charge is 0.0480 e. The van der Waals surface area contributed by atoms with Crippen LogP contribution in [-0.4, -0.2) is 31.2 Å². The van der Waals surface area contributed by atoms with Crippen LogP contribution in [0.4, 0.5) is 0 Å². The molecule has 13 heavy (non-hydrogen) atoms. The number of piperidine rings is 1. The third-order valence-electron chi connectivity index (χ3n) is 2.68. The zero-order valence-corrected chi connectivity index (χ0v) is 9.18. The molecule has 0 aromatic heterocycles. The molecule has 2 heteroatoms. The Bertz CT molecular complexity index is 117. The van der Waals surface area contributed by atoms with Gasteiger partial charge in [0.15, 0.2) is 0 Å². The maximum absolute atomic E-state index is 3.51. The van der Waals surface area contributed by atoms with Crippen molar-refractivity contribution >= 4 is 0 Å². The summed E-state index contributed by atoms with van der Waals surface area (Å²) in [6.07, 6.45) is 5.52. The standard InChI is InChI=1S/C11H24N2/c1-11(2)6-7-12-10-13-8-4-3-5-9-13/h11-12H,3-10H2,1-2H3. The van der Waals surface area contributed by atoms with Gasteiger partial charge in [0.05, 0.1) is 0 Å². The quantitative estimate of drug-likeness (QED) is 0.658. The highest BCUT2D eigenvalue weighted by molar-refractivity contribution is 4.63. The molecular weight excluding hydrogens is 160 g/mol. The summed E-state index contributed by atoms with van der Waals surface area (Å²) in [5.74, 6) is 0.828. The van der Waals surface area contributed by atoms with E-state index in [9.17, 15) is 0 Å². The van der Waals surface area contributed by atoms with Crippen molar-refractivity contribution in [2.75, 3.05) is 26.3 Å². The summed E-state index contributed by atoms with van der Waals surface area (Å²) in [4.78, 5) is 2.53. The second-order valence-corrected chi connectivity index (χ2v) is 4.52. The van der Waals surface area contributed by atoms with E-state index in [2.05, 4.69) is 24.1 Å². The van der Waals surface area contributed by atoms with E-state index in [4.69, 9.17) is 0 Å². The molecule has 0 unspecified atom stereocenters. The molecular formula is C11H24N2. The van der Waals surface area contributed by atoms with Gasteiger partial charge in [-0.15, -0.1) is 0 Å². The van der Waals surface area contributed by atoms with Crippen LogP contribution in [-0.2, 0) is 0 Å². The lowest BCUT2D eigenvalue weighted by atomic mass is 10.1. The summed E-state index contributed by atoms with van der Waals surface area (Å²) in [6, 6.07) is 0. The number of likely N-dealkylation sites (tertiary alicyclic amines) is 1. The fraction of sp³-hybridized carbons (Fsp3) is 1.00. The second kappa shape index (κ2) is 6.39. The van der Waals surface area contributed by atoms with Gasteiger partial charge in [0.2, 0.25) is 0 Å². The fourth-order valence-electron chi connectivity index (χ4n) is 1.75. The lowest BCUT2D eigenvalue weighted by Gasteiger charge is -2.26. The molecule has 0 bridgehead atoms.